The van der Waals surface area contributed by atoms with Crippen molar-refractivity contribution in [2.45, 2.75) is 19.0 Å². The molecular weight excluding hydrogens is 173 g/mol. The molecule has 1 saturated heterocycles. The summed E-state index contributed by atoms with van der Waals surface area (Å²) in [6, 6.07) is 0. The molecule has 0 saturated carbocycles. The molecule has 1 heterocycles. The van der Waals surface area contributed by atoms with Crippen LogP contribution in [0.5, 0.6) is 0 Å². The summed E-state index contributed by atoms with van der Waals surface area (Å²) in [7, 11) is 0. The topological polar surface area (TPSA) is 26.3 Å². The lowest BCUT2D eigenvalue weighted by atomic mass is 10.0. The molecular formula is C7H11F3O2. The molecule has 0 spiro atoms. The van der Waals surface area contributed by atoms with Gasteiger partial charge in [-0.15, -0.1) is 0 Å². The first-order valence-corrected chi connectivity index (χ1v) is 3.54. The number of hydrogen-bond acceptors (Lipinski definition) is 2. The Hall–Kier alpha value is -0.580. The molecule has 1 fully saturated rings. The molecule has 1 rings (SSSR count). The number of halogens is 3. The average Bonchev–Trinajstić information content (AvgIpc) is 2.08. The van der Waals surface area contributed by atoms with E-state index in [9.17, 15) is 13.2 Å². The summed E-state index contributed by atoms with van der Waals surface area (Å²) in [6.45, 7) is 2.33. The SMILES string of the molecule is C=O.FC(F)(F)C1CCCOC1. The Bertz CT molecular complexity index is 118. The third-order valence-corrected chi connectivity index (χ3v) is 1.62. The monoisotopic (exact) mass is 184 g/mol. The van der Waals surface area contributed by atoms with Gasteiger partial charge in [0.15, 0.2) is 0 Å². The molecule has 1 aliphatic rings. The molecule has 0 aromatic heterocycles. The number of rotatable bonds is 0. The predicted molar refractivity (Wildman–Crippen MR) is 36.7 cm³/mol. The first-order chi connectivity index (χ1) is 5.61. The smallest absolute Gasteiger partial charge is 0.381 e. The quantitative estimate of drug-likeness (QED) is 0.573. The van der Waals surface area contributed by atoms with Gasteiger partial charge in [-0.25, -0.2) is 0 Å². The maximum atomic E-state index is 11.9. The van der Waals surface area contributed by atoms with Crippen LogP contribution in [0.3, 0.4) is 0 Å². The van der Waals surface area contributed by atoms with E-state index in [0.29, 0.717) is 13.0 Å². The minimum atomic E-state index is -4.06. The van der Waals surface area contributed by atoms with E-state index in [1.165, 1.54) is 0 Å². The molecule has 0 bridgehead atoms. The first kappa shape index (κ1) is 11.4. The molecule has 1 atom stereocenters. The van der Waals surface area contributed by atoms with Crippen molar-refractivity contribution in [1.82, 2.24) is 0 Å². The van der Waals surface area contributed by atoms with Crippen LogP contribution in [0.15, 0.2) is 0 Å². The molecule has 0 amide bonds. The second kappa shape index (κ2) is 5.13. The Morgan fingerprint density at radius 2 is 1.92 bits per heavy atom. The fourth-order valence-corrected chi connectivity index (χ4v) is 0.999. The zero-order valence-corrected chi connectivity index (χ0v) is 6.56. The van der Waals surface area contributed by atoms with Crippen molar-refractivity contribution in [3.63, 3.8) is 0 Å². The molecule has 5 heteroatoms. The summed E-state index contributed by atoms with van der Waals surface area (Å²) in [5, 5.41) is 0. The highest BCUT2D eigenvalue weighted by Gasteiger charge is 2.40. The van der Waals surface area contributed by atoms with E-state index in [2.05, 4.69) is 4.74 Å². The van der Waals surface area contributed by atoms with Gasteiger partial charge in [-0.1, -0.05) is 0 Å². The molecule has 2 nitrogen and oxygen atoms in total. The van der Waals surface area contributed by atoms with Gasteiger partial charge in [0.25, 0.3) is 0 Å². The van der Waals surface area contributed by atoms with Crippen LogP contribution in [0.2, 0.25) is 0 Å². The van der Waals surface area contributed by atoms with Crippen molar-refractivity contribution in [2.24, 2.45) is 5.92 Å². The van der Waals surface area contributed by atoms with Crippen molar-refractivity contribution in [2.75, 3.05) is 13.2 Å². The molecule has 0 radical (unpaired) electrons. The average molecular weight is 184 g/mol. The van der Waals surface area contributed by atoms with E-state index in [0.717, 1.165) is 0 Å². The van der Waals surface area contributed by atoms with Crippen molar-refractivity contribution < 1.29 is 22.7 Å². The zero-order chi connectivity index (χ0) is 9.61. The summed E-state index contributed by atoms with van der Waals surface area (Å²) in [6.07, 6.45) is -3.30. The lowest BCUT2D eigenvalue weighted by molar-refractivity contribution is -0.199. The normalized spacial score (nSPS) is 24.1. The van der Waals surface area contributed by atoms with Crippen LogP contribution in [0.25, 0.3) is 0 Å². The maximum absolute atomic E-state index is 11.9. The predicted octanol–water partition coefficient (Wildman–Crippen LogP) is 1.79. The molecule has 0 aliphatic carbocycles. The highest BCUT2D eigenvalue weighted by atomic mass is 19.4. The van der Waals surface area contributed by atoms with Crippen LogP contribution in [0.4, 0.5) is 13.2 Å². The van der Waals surface area contributed by atoms with E-state index in [1.54, 1.807) is 0 Å². The lowest BCUT2D eigenvalue weighted by Gasteiger charge is -2.23. The van der Waals surface area contributed by atoms with Crippen molar-refractivity contribution in [3.05, 3.63) is 0 Å². The second-order valence-corrected chi connectivity index (χ2v) is 2.46. The van der Waals surface area contributed by atoms with Crippen molar-refractivity contribution in [3.8, 4) is 0 Å². The van der Waals surface area contributed by atoms with E-state index in [-0.39, 0.29) is 13.0 Å². The van der Waals surface area contributed by atoms with Crippen LogP contribution in [-0.4, -0.2) is 26.2 Å². The van der Waals surface area contributed by atoms with Gasteiger partial charge >= 0.3 is 6.18 Å². The zero-order valence-electron chi connectivity index (χ0n) is 6.56. The molecule has 0 aromatic carbocycles. The minimum Gasteiger partial charge on any atom is -0.381 e. The number of ether oxygens (including phenoxy) is 1. The Morgan fingerprint density at radius 1 is 1.33 bits per heavy atom. The van der Waals surface area contributed by atoms with E-state index in [4.69, 9.17) is 4.79 Å². The Morgan fingerprint density at radius 3 is 2.17 bits per heavy atom. The van der Waals surface area contributed by atoms with Gasteiger partial charge in [-0.05, 0) is 12.8 Å². The van der Waals surface area contributed by atoms with Crippen molar-refractivity contribution in [1.29, 1.82) is 0 Å². The highest BCUT2D eigenvalue weighted by Crippen LogP contribution is 2.31. The third-order valence-electron chi connectivity index (χ3n) is 1.62. The first-order valence-electron chi connectivity index (χ1n) is 3.54. The standard InChI is InChI=1S/C6H9F3O.CH2O/c7-6(8,9)5-2-1-3-10-4-5;1-2/h5H,1-4H2;1H2. The van der Waals surface area contributed by atoms with Crippen LogP contribution in [-0.2, 0) is 9.53 Å². The summed E-state index contributed by atoms with van der Waals surface area (Å²) in [5.41, 5.74) is 0. The summed E-state index contributed by atoms with van der Waals surface area (Å²) >= 11 is 0. The molecule has 12 heavy (non-hydrogen) atoms. The number of carbonyl (C=O) groups excluding carboxylic acids is 1. The third kappa shape index (κ3) is 3.71. The van der Waals surface area contributed by atoms with E-state index >= 15 is 0 Å². The largest absolute Gasteiger partial charge is 0.394 e. The van der Waals surface area contributed by atoms with Gasteiger partial charge < -0.3 is 9.53 Å². The molecule has 1 unspecified atom stereocenters. The Kier molecular flexibility index (Phi) is 4.89. The van der Waals surface area contributed by atoms with Crippen LogP contribution >= 0.6 is 0 Å². The minimum absolute atomic E-state index is 0.149. The number of carbonyl (C=O) groups is 1. The summed E-state index contributed by atoms with van der Waals surface area (Å²) < 4.78 is 40.3. The Labute approximate surface area is 68.7 Å². The lowest BCUT2D eigenvalue weighted by Crippen LogP contribution is -2.30. The van der Waals surface area contributed by atoms with Crippen molar-refractivity contribution >= 4 is 6.79 Å². The summed E-state index contributed by atoms with van der Waals surface area (Å²) in [5.74, 6) is -1.22. The second-order valence-electron chi connectivity index (χ2n) is 2.46. The molecule has 72 valence electrons. The van der Waals surface area contributed by atoms with Gasteiger partial charge in [-0.3, -0.25) is 0 Å². The van der Waals surface area contributed by atoms with Gasteiger partial charge in [0.05, 0.1) is 12.5 Å². The number of hydrogen-bond donors (Lipinski definition) is 0. The molecule has 1 aliphatic heterocycles. The van der Waals surface area contributed by atoms with Crippen LogP contribution < -0.4 is 0 Å². The number of alkyl halides is 3. The highest BCUT2D eigenvalue weighted by molar-refractivity contribution is 5.10. The Balaban J connectivity index is 0.000000561. The fourth-order valence-electron chi connectivity index (χ4n) is 0.999. The van der Waals surface area contributed by atoms with Crippen LogP contribution in [0, 0.1) is 5.92 Å². The van der Waals surface area contributed by atoms with Crippen LogP contribution in [0.1, 0.15) is 12.8 Å². The molecule has 0 N–H and O–H groups in total. The summed E-state index contributed by atoms with van der Waals surface area (Å²) in [4.78, 5) is 8.00. The molecule has 0 aromatic rings. The van der Waals surface area contributed by atoms with Gasteiger partial charge in [0, 0.05) is 6.61 Å². The van der Waals surface area contributed by atoms with Gasteiger partial charge in [0.1, 0.15) is 6.79 Å². The van der Waals surface area contributed by atoms with E-state index < -0.39 is 12.1 Å². The van der Waals surface area contributed by atoms with Gasteiger partial charge in [0.2, 0.25) is 0 Å². The van der Waals surface area contributed by atoms with Gasteiger partial charge in [-0.2, -0.15) is 13.2 Å². The van der Waals surface area contributed by atoms with E-state index in [1.807, 2.05) is 6.79 Å². The fraction of sp³-hybridized carbons (Fsp3) is 0.857. The maximum Gasteiger partial charge on any atom is 0.394 e.